The first kappa shape index (κ1) is 15.2. The van der Waals surface area contributed by atoms with E-state index >= 15 is 0 Å². The van der Waals surface area contributed by atoms with Gasteiger partial charge in [-0.25, -0.2) is 8.78 Å². The number of rotatable bonds is 4. The molecule has 0 saturated heterocycles. The maximum atomic E-state index is 14.0. The Labute approximate surface area is 131 Å². The molecule has 0 heterocycles. The third-order valence-electron chi connectivity index (χ3n) is 4.78. The summed E-state index contributed by atoms with van der Waals surface area (Å²) < 4.78 is 27.4. The fraction of sp³-hybridized carbons (Fsp3) is 0.400. The van der Waals surface area contributed by atoms with Gasteiger partial charge in [-0.2, -0.15) is 0 Å². The number of hydrogen-bond donors (Lipinski definition) is 0. The molecule has 2 aromatic carbocycles. The second kappa shape index (κ2) is 6.60. The SMILES string of the molecule is CCCCc1ccc(C2CCc3ccc(F)c(F)c3C2)cc1. The van der Waals surface area contributed by atoms with Crippen LogP contribution in [0.15, 0.2) is 36.4 Å². The lowest BCUT2D eigenvalue weighted by molar-refractivity contribution is 0.476. The van der Waals surface area contributed by atoms with Gasteiger partial charge >= 0.3 is 0 Å². The molecule has 1 unspecified atom stereocenters. The number of fused-ring (bicyclic) bond motifs is 1. The summed E-state index contributed by atoms with van der Waals surface area (Å²) in [5.41, 5.74) is 4.15. The van der Waals surface area contributed by atoms with Crippen LogP contribution in [0.4, 0.5) is 8.78 Å². The van der Waals surface area contributed by atoms with Gasteiger partial charge in [0.1, 0.15) is 0 Å². The third kappa shape index (κ3) is 3.06. The van der Waals surface area contributed by atoms with E-state index in [1.54, 1.807) is 6.07 Å². The van der Waals surface area contributed by atoms with Gasteiger partial charge in [-0.1, -0.05) is 43.7 Å². The number of unbranched alkanes of at least 4 members (excludes halogenated alkanes) is 1. The summed E-state index contributed by atoms with van der Waals surface area (Å²) >= 11 is 0. The second-order valence-electron chi connectivity index (χ2n) is 6.28. The molecule has 1 aliphatic carbocycles. The van der Waals surface area contributed by atoms with Crippen LogP contribution in [0.1, 0.15) is 54.4 Å². The van der Waals surface area contributed by atoms with Crippen molar-refractivity contribution in [3.05, 3.63) is 70.3 Å². The molecule has 0 amide bonds. The minimum absolute atomic E-state index is 0.295. The van der Waals surface area contributed by atoms with Crippen molar-refractivity contribution in [1.29, 1.82) is 0 Å². The lowest BCUT2D eigenvalue weighted by Crippen LogP contribution is -2.15. The van der Waals surface area contributed by atoms with Gasteiger partial charge in [0, 0.05) is 0 Å². The molecule has 22 heavy (non-hydrogen) atoms. The van der Waals surface area contributed by atoms with Gasteiger partial charge in [-0.15, -0.1) is 0 Å². The molecule has 0 fully saturated rings. The van der Waals surface area contributed by atoms with Crippen LogP contribution in [0.5, 0.6) is 0 Å². The number of halogens is 2. The van der Waals surface area contributed by atoms with Crippen LogP contribution in [0.2, 0.25) is 0 Å². The maximum Gasteiger partial charge on any atom is 0.162 e. The number of benzene rings is 2. The van der Waals surface area contributed by atoms with Crippen molar-refractivity contribution in [1.82, 2.24) is 0 Å². The van der Waals surface area contributed by atoms with Crippen molar-refractivity contribution in [2.75, 3.05) is 0 Å². The molecule has 1 aliphatic rings. The summed E-state index contributed by atoms with van der Waals surface area (Å²) in [6, 6.07) is 11.7. The van der Waals surface area contributed by atoms with E-state index in [1.165, 1.54) is 30.0 Å². The number of aryl methyl sites for hydroxylation is 2. The topological polar surface area (TPSA) is 0 Å². The molecule has 0 N–H and O–H groups in total. The van der Waals surface area contributed by atoms with Crippen molar-refractivity contribution in [3.8, 4) is 0 Å². The van der Waals surface area contributed by atoms with Gasteiger partial charge in [0.2, 0.25) is 0 Å². The van der Waals surface area contributed by atoms with E-state index < -0.39 is 11.6 Å². The zero-order valence-electron chi connectivity index (χ0n) is 13.0. The standard InChI is InChI=1S/C20H22F2/c1-2-3-4-14-5-7-15(8-6-14)17-10-9-16-11-12-19(21)20(22)18(16)13-17/h5-8,11-12,17H,2-4,9-10,13H2,1H3. The number of hydrogen-bond acceptors (Lipinski definition) is 0. The summed E-state index contributed by atoms with van der Waals surface area (Å²) in [5.74, 6) is -1.08. The Morgan fingerprint density at radius 2 is 1.82 bits per heavy atom. The molecule has 2 heteroatoms. The predicted octanol–water partition coefficient (Wildman–Crippen LogP) is 5.58. The molecule has 0 nitrogen and oxygen atoms in total. The fourth-order valence-electron chi connectivity index (χ4n) is 3.39. The van der Waals surface area contributed by atoms with Gasteiger partial charge in [0.05, 0.1) is 0 Å². The van der Waals surface area contributed by atoms with Crippen LogP contribution in [-0.2, 0) is 19.3 Å². The first-order valence-electron chi connectivity index (χ1n) is 8.23. The lowest BCUT2D eigenvalue weighted by Gasteiger charge is -2.25. The van der Waals surface area contributed by atoms with Crippen molar-refractivity contribution in [3.63, 3.8) is 0 Å². The van der Waals surface area contributed by atoms with Crippen LogP contribution in [0, 0.1) is 11.6 Å². The van der Waals surface area contributed by atoms with Crippen LogP contribution >= 0.6 is 0 Å². The monoisotopic (exact) mass is 300 g/mol. The highest BCUT2D eigenvalue weighted by atomic mass is 19.2. The summed E-state index contributed by atoms with van der Waals surface area (Å²) in [7, 11) is 0. The smallest absolute Gasteiger partial charge is 0.162 e. The highest BCUT2D eigenvalue weighted by Crippen LogP contribution is 2.34. The van der Waals surface area contributed by atoms with E-state index in [-0.39, 0.29) is 0 Å². The molecule has 0 spiro atoms. The molecule has 0 saturated carbocycles. The zero-order chi connectivity index (χ0) is 15.5. The van der Waals surface area contributed by atoms with Crippen LogP contribution < -0.4 is 0 Å². The average Bonchev–Trinajstić information content (AvgIpc) is 2.57. The Morgan fingerprint density at radius 1 is 1.05 bits per heavy atom. The summed E-state index contributed by atoms with van der Waals surface area (Å²) in [6.45, 7) is 2.20. The lowest BCUT2D eigenvalue weighted by atomic mass is 9.79. The average molecular weight is 300 g/mol. The first-order chi connectivity index (χ1) is 10.7. The minimum atomic E-state index is -0.727. The molecule has 0 aliphatic heterocycles. The molecule has 3 rings (SSSR count). The molecular weight excluding hydrogens is 278 g/mol. The van der Waals surface area contributed by atoms with E-state index in [0.717, 1.165) is 24.8 Å². The van der Waals surface area contributed by atoms with E-state index in [0.29, 0.717) is 17.9 Å². The predicted molar refractivity (Wildman–Crippen MR) is 86.2 cm³/mol. The van der Waals surface area contributed by atoms with E-state index in [2.05, 4.69) is 31.2 Å². The summed E-state index contributed by atoms with van der Waals surface area (Å²) in [5, 5.41) is 0. The van der Waals surface area contributed by atoms with Crippen molar-refractivity contribution in [2.45, 2.75) is 51.4 Å². The van der Waals surface area contributed by atoms with Gasteiger partial charge < -0.3 is 0 Å². The molecule has 1 atom stereocenters. The molecule has 0 radical (unpaired) electrons. The first-order valence-corrected chi connectivity index (χ1v) is 8.23. The largest absolute Gasteiger partial charge is 0.204 e. The molecule has 0 aromatic heterocycles. The normalized spacial score (nSPS) is 17.3. The van der Waals surface area contributed by atoms with Crippen molar-refractivity contribution >= 4 is 0 Å². The van der Waals surface area contributed by atoms with E-state index in [1.807, 2.05) is 0 Å². The quantitative estimate of drug-likeness (QED) is 0.691. The van der Waals surface area contributed by atoms with Crippen molar-refractivity contribution < 1.29 is 8.78 Å². The maximum absolute atomic E-state index is 14.0. The molecule has 0 bridgehead atoms. The fourth-order valence-corrected chi connectivity index (χ4v) is 3.39. The molecule has 2 aromatic rings. The van der Waals surface area contributed by atoms with Crippen molar-refractivity contribution in [2.24, 2.45) is 0 Å². The Hall–Kier alpha value is -1.70. The Balaban J connectivity index is 1.78. The second-order valence-corrected chi connectivity index (χ2v) is 6.28. The summed E-state index contributed by atoms with van der Waals surface area (Å²) in [4.78, 5) is 0. The van der Waals surface area contributed by atoms with Crippen LogP contribution in [0.3, 0.4) is 0 Å². The van der Waals surface area contributed by atoms with Gasteiger partial charge in [0.15, 0.2) is 11.6 Å². The Kier molecular flexibility index (Phi) is 4.56. The molecule has 116 valence electrons. The van der Waals surface area contributed by atoms with E-state index in [9.17, 15) is 8.78 Å². The van der Waals surface area contributed by atoms with Gasteiger partial charge in [-0.05, 0) is 66.3 Å². The Bertz CT molecular complexity index is 644. The summed E-state index contributed by atoms with van der Waals surface area (Å²) in [6.07, 6.45) is 5.96. The van der Waals surface area contributed by atoms with E-state index in [4.69, 9.17) is 0 Å². The third-order valence-corrected chi connectivity index (χ3v) is 4.78. The molecular formula is C20H22F2. The minimum Gasteiger partial charge on any atom is -0.204 e. The Morgan fingerprint density at radius 3 is 2.55 bits per heavy atom. The zero-order valence-corrected chi connectivity index (χ0v) is 13.0. The van der Waals surface area contributed by atoms with Crippen LogP contribution in [-0.4, -0.2) is 0 Å². The highest BCUT2D eigenvalue weighted by Gasteiger charge is 2.24. The van der Waals surface area contributed by atoms with Gasteiger partial charge in [0.25, 0.3) is 0 Å². The van der Waals surface area contributed by atoms with Crippen LogP contribution in [0.25, 0.3) is 0 Å². The highest BCUT2D eigenvalue weighted by molar-refractivity contribution is 5.36. The van der Waals surface area contributed by atoms with Gasteiger partial charge in [-0.3, -0.25) is 0 Å².